The highest BCUT2D eigenvalue weighted by atomic mass is 16.6. The van der Waals surface area contributed by atoms with Gasteiger partial charge in [0.15, 0.2) is 0 Å². The Labute approximate surface area is 96.8 Å². The highest BCUT2D eigenvalue weighted by molar-refractivity contribution is 5.26. The maximum atomic E-state index is 10.5. The van der Waals surface area contributed by atoms with Crippen molar-refractivity contribution in [3.8, 4) is 5.88 Å². The van der Waals surface area contributed by atoms with Crippen LogP contribution >= 0.6 is 0 Å². The molecule has 0 aliphatic rings. The van der Waals surface area contributed by atoms with Crippen LogP contribution in [0.3, 0.4) is 0 Å². The van der Waals surface area contributed by atoms with Crippen LogP contribution in [-0.2, 0) is 6.54 Å². The number of methoxy groups -OCH3 is 1. The van der Waals surface area contributed by atoms with Gasteiger partial charge in [0.25, 0.3) is 0 Å². The third kappa shape index (κ3) is 2.39. The molecule has 0 bridgehead atoms. The molecule has 2 aromatic heterocycles. The second kappa shape index (κ2) is 4.60. The summed E-state index contributed by atoms with van der Waals surface area (Å²) in [6.45, 7) is 0.380. The van der Waals surface area contributed by atoms with Crippen molar-refractivity contribution < 1.29 is 9.66 Å². The van der Waals surface area contributed by atoms with Crippen LogP contribution < -0.4 is 4.74 Å². The number of ether oxygens (including phenoxy) is 1. The summed E-state index contributed by atoms with van der Waals surface area (Å²) in [6, 6.07) is 4.96. The fourth-order valence-corrected chi connectivity index (χ4v) is 1.44. The summed E-state index contributed by atoms with van der Waals surface area (Å²) in [7, 11) is 1.53. The van der Waals surface area contributed by atoms with Gasteiger partial charge in [0, 0.05) is 11.8 Å². The SMILES string of the molecule is COc1ncccc1Cn1ccc([N+](=O)[O-])n1. The smallest absolute Gasteiger partial charge is 0.389 e. The van der Waals surface area contributed by atoms with Crippen LogP contribution in [0.15, 0.2) is 30.6 Å². The minimum absolute atomic E-state index is 0.173. The minimum Gasteiger partial charge on any atom is -0.481 e. The Morgan fingerprint density at radius 1 is 1.53 bits per heavy atom. The lowest BCUT2D eigenvalue weighted by Crippen LogP contribution is -2.04. The van der Waals surface area contributed by atoms with Gasteiger partial charge in [0.05, 0.1) is 31.0 Å². The Morgan fingerprint density at radius 3 is 3.00 bits per heavy atom. The molecule has 0 saturated carbocycles. The molecule has 7 nitrogen and oxygen atoms in total. The molecule has 0 aliphatic carbocycles. The number of rotatable bonds is 4. The van der Waals surface area contributed by atoms with E-state index in [1.54, 1.807) is 18.5 Å². The summed E-state index contributed by atoms with van der Waals surface area (Å²) in [6.07, 6.45) is 3.17. The zero-order chi connectivity index (χ0) is 12.3. The van der Waals surface area contributed by atoms with Crippen LogP contribution in [0.25, 0.3) is 0 Å². The fraction of sp³-hybridized carbons (Fsp3) is 0.200. The van der Waals surface area contributed by atoms with Crippen molar-refractivity contribution in [1.82, 2.24) is 14.8 Å². The van der Waals surface area contributed by atoms with E-state index in [1.807, 2.05) is 6.07 Å². The second-order valence-electron chi connectivity index (χ2n) is 3.30. The van der Waals surface area contributed by atoms with Gasteiger partial charge in [-0.15, -0.1) is 0 Å². The number of aromatic nitrogens is 3. The molecule has 2 rings (SSSR count). The molecule has 0 spiro atoms. The maximum absolute atomic E-state index is 10.5. The zero-order valence-corrected chi connectivity index (χ0v) is 9.11. The van der Waals surface area contributed by atoms with Gasteiger partial charge in [-0.3, -0.25) is 0 Å². The van der Waals surface area contributed by atoms with Crippen LogP contribution in [-0.4, -0.2) is 26.8 Å². The lowest BCUT2D eigenvalue weighted by molar-refractivity contribution is -0.389. The highest BCUT2D eigenvalue weighted by Gasteiger charge is 2.12. The van der Waals surface area contributed by atoms with E-state index in [4.69, 9.17) is 4.74 Å². The minimum atomic E-state index is -0.531. The maximum Gasteiger partial charge on any atom is 0.389 e. The van der Waals surface area contributed by atoms with Gasteiger partial charge in [-0.2, -0.15) is 4.68 Å². The van der Waals surface area contributed by atoms with Crippen molar-refractivity contribution in [1.29, 1.82) is 0 Å². The molecule has 0 saturated heterocycles. The Hall–Kier alpha value is -2.44. The van der Waals surface area contributed by atoms with Crippen LogP contribution in [0.2, 0.25) is 0 Å². The average molecular weight is 234 g/mol. The van der Waals surface area contributed by atoms with Crippen molar-refractivity contribution in [2.75, 3.05) is 7.11 Å². The number of nitrogens with zero attached hydrogens (tertiary/aromatic N) is 4. The van der Waals surface area contributed by atoms with Crippen molar-refractivity contribution in [2.24, 2.45) is 0 Å². The molecular weight excluding hydrogens is 224 g/mol. The van der Waals surface area contributed by atoms with E-state index >= 15 is 0 Å². The lowest BCUT2D eigenvalue weighted by Gasteiger charge is -2.04. The Kier molecular flexibility index (Phi) is 2.99. The molecule has 2 aromatic rings. The van der Waals surface area contributed by atoms with Crippen molar-refractivity contribution >= 4 is 5.82 Å². The largest absolute Gasteiger partial charge is 0.481 e. The summed E-state index contributed by atoms with van der Waals surface area (Å²) in [5.41, 5.74) is 0.813. The zero-order valence-electron chi connectivity index (χ0n) is 9.11. The second-order valence-corrected chi connectivity index (χ2v) is 3.30. The van der Waals surface area contributed by atoms with E-state index < -0.39 is 4.92 Å². The first-order valence-corrected chi connectivity index (χ1v) is 4.86. The molecule has 2 heterocycles. The number of hydrogen-bond donors (Lipinski definition) is 0. The topological polar surface area (TPSA) is 83.1 Å². The molecule has 88 valence electrons. The summed E-state index contributed by atoms with van der Waals surface area (Å²) in [5.74, 6) is 0.318. The van der Waals surface area contributed by atoms with Gasteiger partial charge in [0.1, 0.15) is 0 Å². The molecule has 7 heteroatoms. The standard InChI is InChI=1S/C10H10N4O3/c1-17-10-8(3-2-5-11-10)7-13-6-4-9(12-13)14(15)16/h2-6H,7H2,1H3. The van der Waals surface area contributed by atoms with E-state index in [0.717, 1.165) is 5.56 Å². The van der Waals surface area contributed by atoms with Crippen molar-refractivity contribution in [2.45, 2.75) is 6.54 Å². The van der Waals surface area contributed by atoms with Crippen LogP contribution in [0, 0.1) is 10.1 Å². The molecule has 0 radical (unpaired) electrons. The molecule has 0 fully saturated rings. The normalized spacial score (nSPS) is 10.2. The first kappa shape index (κ1) is 11.1. The summed E-state index contributed by atoms with van der Waals surface area (Å²) >= 11 is 0. The molecule has 0 aromatic carbocycles. The Balaban J connectivity index is 2.22. The van der Waals surface area contributed by atoms with E-state index in [0.29, 0.717) is 12.4 Å². The Bertz CT molecular complexity index is 538. The molecule has 0 atom stereocenters. The highest BCUT2D eigenvalue weighted by Crippen LogP contribution is 2.15. The van der Waals surface area contributed by atoms with Gasteiger partial charge < -0.3 is 14.9 Å². The van der Waals surface area contributed by atoms with Gasteiger partial charge in [-0.25, -0.2) is 4.98 Å². The van der Waals surface area contributed by atoms with Crippen LogP contribution in [0.5, 0.6) is 5.88 Å². The van der Waals surface area contributed by atoms with Gasteiger partial charge in [-0.1, -0.05) is 6.07 Å². The van der Waals surface area contributed by atoms with Gasteiger partial charge in [-0.05, 0) is 11.0 Å². The summed E-state index contributed by atoms with van der Waals surface area (Å²) in [5, 5.41) is 14.3. The number of nitro groups is 1. The molecule has 0 unspecified atom stereocenters. The van der Waals surface area contributed by atoms with E-state index in [1.165, 1.54) is 17.9 Å². The third-order valence-electron chi connectivity index (χ3n) is 2.19. The number of hydrogen-bond acceptors (Lipinski definition) is 5. The average Bonchev–Trinajstić information content (AvgIpc) is 2.78. The van der Waals surface area contributed by atoms with Crippen LogP contribution in [0.4, 0.5) is 5.82 Å². The summed E-state index contributed by atoms with van der Waals surface area (Å²) in [4.78, 5) is 14.0. The van der Waals surface area contributed by atoms with Gasteiger partial charge >= 0.3 is 5.82 Å². The predicted molar refractivity (Wildman–Crippen MR) is 58.8 cm³/mol. The molecule has 0 amide bonds. The third-order valence-corrected chi connectivity index (χ3v) is 2.19. The first-order valence-electron chi connectivity index (χ1n) is 4.86. The number of pyridine rings is 1. The molecule has 0 N–H and O–H groups in total. The van der Waals surface area contributed by atoms with E-state index in [2.05, 4.69) is 10.1 Å². The van der Waals surface area contributed by atoms with E-state index in [9.17, 15) is 10.1 Å². The van der Waals surface area contributed by atoms with E-state index in [-0.39, 0.29) is 5.82 Å². The Morgan fingerprint density at radius 2 is 2.35 bits per heavy atom. The predicted octanol–water partition coefficient (Wildman–Crippen LogP) is 1.24. The van der Waals surface area contributed by atoms with Crippen molar-refractivity contribution in [3.63, 3.8) is 0 Å². The monoisotopic (exact) mass is 234 g/mol. The first-order chi connectivity index (χ1) is 8.20. The fourth-order valence-electron chi connectivity index (χ4n) is 1.44. The van der Waals surface area contributed by atoms with Crippen LogP contribution in [0.1, 0.15) is 5.56 Å². The molecule has 0 aliphatic heterocycles. The lowest BCUT2D eigenvalue weighted by atomic mass is 10.3. The molecule has 17 heavy (non-hydrogen) atoms. The van der Waals surface area contributed by atoms with Crippen molar-refractivity contribution in [3.05, 3.63) is 46.3 Å². The summed E-state index contributed by atoms with van der Waals surface area (Å²) < 4.78 is 6.56. The molecular formula is C10H10N4O3. The quantitative estimate of drug-likeness (QED) is 0.587. The van der Waals surface area contributed by atoms with Gasteiger partial charge in [0.2, 0.25) is 5.88 Å².